The molecule has 1 aliphatic heterocycles. The number of rotatable bonds is 1. The first-order valence-corrected chi connectivity index (χ1v) is 4.28. The van der Waals surface area contributed by atoms with Crippen molar-refractivity contribution in [2.24, 2.45) is 17.6 Å². The average molecular weight is 150 g/mol. The molecule has 0 aromatic heterocycles. The van der Waals surface area contributed by atoms with Crippen LogP contribution in [0.15, 0.2) is 0 Å². The van der Waals surface area contributed by atoms with Gasteiger partial charge in [0.25, 0.3) is 0 Å². The summed E-state index contributed by atoms with van der Waals surface area (Å²) in [5.41, 5.74) is 5.26. The minimum atomic E-state index is 0.501. The smallest absolute Gasteiger partial charge is 0.0602 e. The zero-order valence-electron chi connectivity index (χ0n) is 6.71. The van der Waals surface area contributed by atoms with Gasteiger partial charge in [0.05, 0.1) is 13.1 Å². The third-order valence-corrected chi connectivity index (χ3v) is 2.58. The Labute approximate surface area is 67.7 Å². The molecule has 60 valence electrons. The van der Waals surface area contributed by atoms with Crippen LogP contribution in [0.5, 0.6) is 0 Å². The zero-order valence-corrected chi connectivity index (χ0v) is 6.71. The van der Waals surface area contributed by atoms with E-state index in [1.807, 2.05) is 0 Å². The van der Waals surface area contributed by atoms with E-state index in [4.69, 9.17) is 5.73 Å². The van der Waals surface area contributed by atoms with Crippen molar-refractivity contribution in [2.75, 3.05) is 26.2 Å². The van der Waals surface area contributed by atoms with Crippen LogP contribution in [0.1, 0.15) is 6.42 Å². The predicted molar refractivity (Wildman–Crippen MR) is 44.9 cm³/mol. The Morgan fingerprint density at radius 2 is 2.00 bits per heavy atom. The molecule has 2 aliphatic rings. The third kappa shape index (κ3) is 1.55. The number of piperidine rings is 1. The zero-order chi connectivity index (χ0) is 7.68. The molecule has 2 N–H and O–H groups in total. The summed E-state index contributed by atoms with van der Waals surface area (Å²) in [6.45, 7) is 4.00. The van der Waals surface area contributed by atoms with E-state index in [-0.39, 0.29) is 0 Å². The van der Waals surface area contributed by atoms with Crippen LogP contribution in [0.3, 0.4) is 0 Å². The van der Waals surface area contributed by atoms with Crippen molar-refractivity contribution < 1.29 is 0 Å². The maximum atomic E-state index is 5.26. The summed E-state index contributed by atoms with van der Waals surface area (Å²) < 4.78 is 0. The van der Waals surface area contributed by atoms with Crippen LogP contribution in [0.2, 0.25) is 0 Å². The van der Waals surface area contributed by atoms with Gasteiger partial charge in [0.2, 0.25) is 0 Å². The minimum absolute atomic E-state index is 0.501. The standard InChI is InChI=1S/C9H14N2/c10-3-1-2-4-11-6-8-5-9(8)7-11/h8-9H,3-7,10H2/t8-,9+. The van der Waals surface area contributed by atoms with E-state index >= 15 is 0 Å². The predicted octanol–water partition coefficient (Wildman–Crippen LogP) is -0.0998. The van der Waals surface area contributed by atoms with Crippen LogP contribution < -0.4 is 5.73 Å². The van der Waals surface area contributed by atoms with Crippen LogP contribution in [0.4, 0.5) is 0 Å². The molecule has 0 amide bonds. The van der Waals surface area contributed by atoms with Crippen molar-refractivity contribution in [3.63, 3.8) is 0 Å². The van der Waals surface area contributed by atoms with Gasteiger partial charge in [0.1, 0.15) is 0 Å². The quantitative estimate of drug-likeness (QED) is 0.529. The summed E-state index contributed by atoms with van der Waals surface area (Å²) >= 11 is 0. The fourth-order valence-corrected chi connectivity index (χ4v) is 1.86. The van der Waals surface area contributed by atoms with Crippen LogP contribution in [-0.4, -0.2) is 31.1 Å². The van der Waals surface area contributed by atoms with E-state index in [1.54, 1.807) is 0 Å². The maximum absolute atomic E-state index is 5.26. The van der Waals surface area contributed by atoms with Gasteiger partial charge in [-0.3, -0.25) is 4.90 Å². The molecule has 2 atom stereocenters. The average Bonchev–Trinajstić information content (AvgIpc) is 2.61. The van der Waals surface area contributed by atoms with Crippen molar-refractivity contribution in [1.82, 2.24) is 4.90 Å². The summed E-state index contributed by atoms with van der Waals surface area (Å²) in [6, 6.07) is 0. The van der Waals surface area contributed by atoms with Gasteiger partial charge < -0.3 is 5.73 Å². The third-order valence-electron chi connectivity index (χ3n) is 2.58. The molecule has 0 unspecified atom stereocenters. The van der Waals surface area contributed by atoms with Gasteiger partial charge in [-0.25, -0.2) is 0 Å². The highest BCUT2D eigenvalue weighted by Crippen LogP contribution is 2.44. The van der Waals surface area contributed by atoms with Crippen LogP contribution in [0.25, 0.3) is 0 Å². The summed E-state index contributed by atoms with van der Waals surface area (Å²) in [5, 5.41) is 0. The summed E-state index contributed by atoms with van der Waals surface area (Å²) in [6.07, 6.45) is 1.47. The first-order valence-electron chi connectivity index (χ1n) is 4.28. The van der Waals surface area contributed by atoms with Crippen molar-refractivity contribution in [3.8, 4) is 11.8 Å². The van der Waals surface area contributed by atoms with Crippen molar-refractivity contribution in [1.29, 1.82) is 0 Å². The molecule has 0 aromatic carbocycles. The second-order valence-electron chi connectivity index (χ2n) is 3.51. The van der Waals surface area contributed by atoms with Gasteiger partial charge in [0.15, 0.2) is 0 Å². The molecule has 1 saturated heterocycles. The van der Waals surface area contributed by atoms with Gasteiger partial charge in [0, 0.05) is 13.1 Å². The highest BCUT2D eigenvalue weighted by atomic mass is 15.2. The Kier molecular flexibility index (Phi) is 1.85. The Balaban J connectivity index is 1.72. The lowest BCUT2D eigenvalue weighted by Gasteiger charge is -2.12. The second-order valence-corrected chi connectivity index (χ2v) is 3.51. The van der Waals surface area contributed by atoms with Gasteiger partial charge in [-0.05, 0) is 18.3 Å². The van der Waals surface area contributed by atoms with E-state index < -0.39 is 0 Å². The molecular formula is C9H14N2. The number of hydrogen-bond donors (Lipinski definition) is 1. The molecule has 2 fully saturated rings. The van der Waals surface area contributed by atoms with E-state index in [0.29, 0.717) is 6.54 Å². The van der Waals surface area contributed by atoms with E-state index in [2.05, 4.69) is 16.7 Å². The number of likely N-dealkylation sites (tertiary alicyclic amines) is 1. The molecule has 1 heterocycles. The first kappa shape index (κ1) is 7.15. The maximum Gasteiger partial charge on any atom is 0.0602 e. The molecule has 2 nitrogen and oxygen atoms in total. The number of hydrogen-bond acceptors (Lipinski definition) is 2. The molecule has 1 aliphatic carbocycles. The molecule has 0 bridgehead atoms. The summed E-state index contributed by atoms with van der Waals surface area (Å²) in [7, 11) is 0. The molecule has 0 radical (unpaired) electrons. The van der Waals surface area contributed by atoms with Gasteiger partial charge in [-0.1, -0.05) is 11.8 Å². The molecule has 2 rings (SSSR count). The Morgan fingerprint density at radius 1 is 1.27 bits per heavy atom. The highest BCUT2D eigenvalue weighted by Gasteiger charge is 2.44. The van der Waals surface area contributed by atoms with E-state index in [1.165, 1.54) is 19.5 Å². The van der Waals surface area contributed by atoms with Gasteiger partial charge in [-0.2, -0.15) is 0 Å². The summed E-state index contributed by atoms with van der Waals surface area (Å²) in [4.78, 5) is 2.43. The monoisotopic (exact) mass is 150 g/mol. The second kappa shape index (κ2) is 2.84. The normalized spacial score (nSPS) is 34.3. The number of fused-ring (bicyclic) bond motifs is 1. The Morgan fingerprint density at radius 3 is 2.64 bits per heavy atom. The Bertz CT molecular complexity index is 191. The summed E-state index contributed by atoms with van der Waals surface area (Å²) in [5.74, 6) is 8.01. The highest BCUT2D eigenvalue weighted by molar-refractivity contribution is 5.05. The molecule has 1 saturated carbocycles. The minimum Gasteiger partial charge on any atom is -0.320 e. The van der Waals surface area contributed by atoms with Crippen LogP contribution in [-0.2, 0) is 0 Å². The molecule has 0 aromatic rings. The SMILES string of the molecule is NCC#CCN1C[C@H]2C[C@H]2C1. The Hall–Kier alpha value is -0.520. The molecule has 0 spiro atoms. The lowest BCUT2D eigenvalue weighted by atomic mass is 10.4. The number of nitrogens with two attached hydrogens (primary N) is 1. The first-order chi connectivity index (χ1) is 5.40. The van der Waals surface area contributed by atoms with Crippen molar-refractivity contribution in [2.45, 2.75) is 6.42 Å². The molecular weight excluding hydrogens is 136 g/mol. The van der Waals surface area contributed by atoms with E-state index in [0.717, 1.165) is 18.4 Å². The van der Waals surface area contributed by atoms with Crippen LogP contribution >= 0.6 is 0 Å². The fourth-order valence-electron chi connectivity index (χ4n) is 1.86. The van der Waals surface area contributed by atoms with E-state index in [9.17, 15) is 0 Å². The van der Waals surface area contributed by atoms with Gasteiger partial charge in [-0.15, -0.1) is 0 Å². The molecule has 2 heteroatoms. The van der Waals surface area contributed by atoms with Gasteiger partial charge >= 0.3 is 0 Å². The van der Waals surface area contributed by atoms with Crippen molar-refractivity contribution in [3.05, 3.63) is 0 Å². The lowest BCUT2D eigenvalue weighted by molar-refractivity contribution is 0.343. The number of nitrogens with zero attached hydrogens (tertiary/aromatic N) is 1. The topological polar surface area (TPSA) is 29.3 Å². The van der Waals surface area contributed by atoms with Crippen molar-refractivity contribution >= 4 is 0 Å². The van der Waals surface area contributed by atoms with Crippen LogP contribution in [0, 0.1) is 23.7 Å². The molecule has 11 heavy (non-hydrogen) atoms. The largest absolute Gasteiger partial charge is 0.320 e. The fraction of sp³-hybridized carbons (Fsp3) is 0.778. The lowest BCUT2D eigenvalue weighted by Crippen LogP contribution is -2.22.